The van der Waals surface area contributed by atoms with Crippen LogP contribution in [0.3, 0.4) is 0 Å². The van der Waals surface area contributed by atoms with Crippen molar-refractivity contribution in [2.75, 3.05) is 36.9 Å². The van der Waals surface area contributed by atoms with Gasteiger partial charge >= 0.3 is 0 Å². The molecule has 0 saturated carbocycles. The minimum absolute atomic E-state index is 0.144. The Balaban J connectivity index is 1.90. The molecule has 1 aromatic heterocycles. The fourth-order valence-electron chi connectivity index (χ4n) is 2.13. The first-order valence-corrected chi connectivity index (χ1v) is 6.99. The molecule has 1 aliphatic rings. The summed E-state index contributed by atoms with van der Waals surface area (Å²) in [6.45, 7) is 2.86. The van der Waals surface area contributed by atoms with E-state index in [0.29, 0.717) is 30.5 Å². The standard InChI is InChI=1S/C14H15ClN4O2/c15-14-17-9-12(19-4-6-20-7-5-19)13(18-14)21-11-3-1-2-10(16)8-11/h1-3,8-9H,4-7,16H2. The maximum absolute atomic E-state index is 5.88. The zero-order valence-corrected chi connectivity index (χ0v) is 12.1. The lowest BCUT2D eigenvalue weighted by Gasteiger charge is -2.29. The number of nitrogen functional groups attached to an aromatic ring is 1. The molecule has 2 heterocycles. The number of halogens is 1. The molecule has 0 bridgehead atoms. The lowest BCUT2D eigenvalue weighted by molar-refractivity contribution is 0.122. The molecular weight excluding hydrogens is 292 g/mol. The van der Waals surface area contributed by atoms with E-state index in [2.05, 4.69) is 14.9 Å². The van der Waals surface area contributed by atoms with Crippen molar-refractivity contribution in [3.63, 3.8) is 0 Å². The normalized spacial score (nSPS) is 15.0. The molecule has 7 heteroatoms. The maximum Gasteiger partial charge on any atom is 0.247 e. The highest BCUT2D eigenvalue weighted by molar-refractivity contribution is 6.28. The molecular formula is C14H15ClN4O2. The van der Waals surface area contributed by atoms with E-state index in [9.17, 15) is 0 Å². The van der Waals surface area contributed by atoms with Gasteiger partial charge in [0, 0.05) is 24.8 Å². The molecule has 0 unspecified atom stereocenters. The average Bonchev–Trinajstić information content (AvgIpc) is 2.48. The van der Waals surface area contributed by atoms with Gasteiger partial charge in [0.15, 0.2) is 0 Å². The second-order valence-corrected chi connectivity index (χ2v) is 4.94. The van der Waals surface area contributed by atoms with Crippen LogP contribution >= 0.6 is 11.6 Å². The highest BCUT2D eigenvalue weighted by Gasteiger charge is 2.18. The summed E-state index contributed by atoms with van der Waals surface area (Å²) < 4.78 is 11.2. The summed E-state index contributed by atoms with van der Waals surface area (Å²) in [5.41, 5.74) is 7.18. The minimum atomic E-state index is 0.144. The molecule has 110 valence electrons. The summed E-state index contributed by atoms with van der Waals surface area (Å²) in [5, 5.41) is 0.144. The van der Waals surface area contributed by atoms with E-state index < -0.39 is 0 Å². The summed E-state index contributed by atoms with van der Waals surface area (Å²) in [6, 6.07) is 7.17. The number of anilines is 2. The van der Waals surface area contributed by atoms with Gasteiger partial charge in [-0.25, -0.2) is 4.98 Å². The van der Waals surface area contributed by atoms with Crippen LogP contribution in [-0.4, -0.2) is 36.3 Å². The molecule has 2 aromatic rings. The molecule has 0 atom stereocenters. The predicted molar refractivity (Wildman–Crippen MR) is 81.0 cm³/mol. The Morgan fingerprint density at radius 2 is 2.10 bits per heavy atom. The van der Waals surface area contributed by atoms with Gasteiger partial charge < -0.3 is 20.1 Å². The van der Waals surface area contributed by atoms with Crippen molar-refractivity contribution < 1.29 is 9.47 Å². The van der Waals surface area contributed by atoms with E-state index in [0.717, 1.165) is 18.8 Å². The van der Waals surface area contributed by atoms with Crippen LogP contribution in [-0.2, 0) is 4.74 Å². The summed E-state index contributed by atoms with van der Waals surface area (Å²) in [6.07, 6.45) is 1.67. The Morgan fingerprint density at radius 1 is 1.29 bits per heavy atom. The van der Waals surface area contributed by atoms with Crippen LogP contribution in [0, 0.1) is 0 Å². The van der Waals surface area contributed by atoms with E-state index >= 15 is 0 Å². The van der Waals surface area contributed by atoms with Crippen molar-refractivity contribution in [3.05, 3.63) is 35.7 Å². The van der Waals surface area contributed by atoms with Crippen molar-refractivity contribution >= 4 is 23.0 Å². The van der Waals surface area contributed by atoms with Crippen LogP contribution in [0.4, 0.5) is 11.4 Å². The molecule has 0 spiro atoms. The smallest absolute Gasteiger partial charge is 0.247 e. The molecule has 2 N–H and O–H groups in total. The third kappa shape index (κ3) is 3.34. The second-order valence-electron chi connectivity index (χ2n) is 4.60. The predicted octanol–water partition coefficient (Wildman–Crippen LogP) is 2.34. The quantitative estimate of drug-likeness (QED) is 0.693. The van der Waals surface area contributed by atoms with Gasteiger partial charge in [-0.05, 0) is 23.7 Å². The molecule has 0 aliphatic carbocycles. The summed E-state index contributed by atoms with van der Waals surface area (Å²) >= 11 is 5.88. The number of aromatic nitrogens is 2. The molecule has 3 rings (SSSR count). The summed E-state index contributed by atoms with van der Waals surface area (Å²) in [4.78, 5) is 10.3. The Kier molecular flexibility index (Phi) is 4.08. The van der Waals surface area contributed by atoms with Gasteiger partial charge in [0.05, 0.1) is 19.4 Å². The number of rotatable bonds is 3. The lowest BCUT2D eigenvalue weighted by Crippen LogP contribution is -2.36. The highest BCUT2D eigenvalue weighted by Crippen LogP contribution is 2.31. The minimum Gasteiger partial charge on any atom is -0.437 e. The zero-order chi connectivity index (χ0) is 14.7. The van der Waals surface area contributed by atoms with Gasteiger partial charge in [-0.15, -0.1) is 0 Å². The molecule has 1 saturated heterocycles. The van der Waals surface area contributed by atoms with Gasteiger partial charge in [0.1, 0.15) is 11.4 Å². The number of nitrogens with zero attached hydrogens (tertiary/aromatic N) is 3. The fourth-order valence-corrected chi connectivity index (χ4v) is 2.25. The largest absolute Gasteiger partial charge is 0.437 e. The van der Waals surface area contributed by atoms with E-state index in [1.54, 1.807) is 18.3 Å². The maximum atomic E-state index is 5.88. The number of hydrogen-bond acceptors (Lipinski definition) is 6. The SMILES string of the molecule is Nc1cccc(Oc2nc(Cl)ncc2N2CCOCC2)c1. The molecule has 0 radical (unpaired) electrons. The Morgan fingerprint density at radius 3 is 2.86 bits per heavy atom. The van der Waals surface area contributed by atoms with Crippen molar-refractivity contribution in [1.29, 1.82) is 0 Å². The topological polar surface area (TPSA) is 73.5 Å². The van der Waals surface area contributed by atoms with Crippen LogP contribution in [0.25, 0.3) is 0 Å². The number of ether oxygens (including phenoxy) is 2. The first kappa shape index (κ1) is 13.9. The van der Waals surface area contributed by atoms with Gasteiger partial charge in [0.25, 0.3) is 0 Å². The Hall–Kier alpha value is -2.05. The summed E-state index contributed by atoms with van der Waals surface area (Å²) in [5.74, 6) is 1.03. The number of hydrogen-bond donors (Lipinski definition) is 1. The Labute approximate surface area is 127 Å². The van der Waals surface area contributed by atoms with Crippen LogP contribution < -0.4 is 15.4 Å². The van der Waals surface area contributed by atoms with Crippen LogP contribution in [0.15, 0.2) is 30.5 Å². The van der Waals surface area contributed by atoms with Crippen LogP contribution in [0.1, 0.15) is 0 Å². The van der Waals surface area contributed by atoms with E-state index in [1.807, 2.05) is 12.1 Å². The third-order valence-electron chi connectivity index (χ3n) is 3.13. The number of nitrogens with two attached hydrogens (primary N) is 1. The number of morpholine rings is 1. The Bertz CT molecular complexity index is 632. The summed E-state index contributed by atoms with van der Waals surface area (Å²) in [7, 11) is 0. The van der Waals surface area contributed by atoms with Crippen molar-refractivity contribution in [1.82, 2.24) is 9.97 Å². The third-order valence-corrected chi connectivity index (χ3v) is 3.31. The van der Waals surface area contributed by atoms with Crippen molar-refractivity contribution in [2.24, 2.45) is 0 Å². The van der Waals surface area contributed by atoms with Crippen molar-refractivity contribution in [3.8, 4) is 11.6 Å². The van der Waals surface area contributed by atoms with Gasteiger partial charge in [-0.3, -0.25) is 0 Å². The second kappa shape index (κ2) is 6.15. The zero-order valence-electron chi connectivity index (χ0n) is 11.3. The first-order valence-electron chi connectivity index (χ1n) is 6.61. The lowest BCUT2D eigenvalue weighted by atomic mass is 10.3. The van der Waals surface area contributed by atoms with E-state index in [-0.39, 0.29) is 5.28 Å². The van der Waals surface area contributed by atoms with Crippen LogP contribution in [0.5, 0.6) is 11.6 Å². The number of benzene rings is 1. The molecule has 6 nitrogen and oxygen atoms in total. The molecule has 21 heavy (non-hydrogen) atoms. The monoisotopic (exact) mass is 306 g/mol. The van der Waals surface area contributed by atoms with Gasteiger partial charge in [-0.2, -0.15) is 4.98 Å². The molecule has 1 aliphatic heterocycles. The molecule has 1 fully saturated rings. The van der Waals surface area contributed by atoms with Gasteiger partial charge in [-0.1, -0.05) is 6.07 Å². The van der Waals surface area contributed by atoms with Crippen molar-refractivity contribution in [2.45, 2.75) is 0 Å². The van der Waals surface area contributed by atoms with E-state index in [1.165, 1.54) is 0 Å². The molecule has 0 amide bonds. The molecule has 1 aromatic carbocycles. The average molecular weight is 307 g/mol. The first-order chi connectivity index (χ1) is 10.2. The van der Waals surface area contributed by atoms with E-state index in [4.69, 9.17) is 26.8 Å². The fraction of sp³-hybridized carbons (Fsp3) is 0.286. The highest BCUT2D eigenvalue weighted by atomic mass is 35.5. The van der Waals surface area contributed by atoms with Crippen LogP contribution in [0.2, 0.25) is 5.28 Å². The van der Waals surface area contributed by atoms with Gasteiger partial charge in [0.2, 0.25) is 11.2 Å².